The first-order valence-electron chi connectivity index (χ1n) is 7.04. The number of nitrogens with zero attached hydrogens (tertiary/aromatic N) is 2. The first-order chi connectivity index (χ1) is 9.13. The topological polar surface area (TPSA) is 72.9 Å². The monoisotopic (exact) mass is 307 g/mol. The van der Waals surface area contributed by atoms with Crippen LogP contribution >= 0.6 is 12.4 Å². The van der Waals surface area contributed by atoms with Crippen molar-refractivity contribution in [2.24, 2.45) is 0 Å². The van der Waals surface area contributed by atoms with Crippen LogP contribution in [0.25, 0.3) is 0 Å². The van der Waals surface area contributed by atoms with Gasteiger partial charge in [0.25, 0.3) is 0 Å². The first kappa shape index (κ1) is 19.1. The molecule has 1 rings (SSSR count). The van der Waals surface area contributed by atoms with Crippen LogP contribution in [-0.2, 0) is 9.59 Å². The Kier molecular flexibility index (Phi) is 9.54. The van der Waals surface area contributed by atoms with Crippen LogP contribution in [0.2, 0.25) is 0 Å². The molecule has 0 aromatic rings. The molecule has 1 aliphatic rings. The van der Waals surface area contributed by atoms with Crippen LogP contribution < -0.4 is 5.32 Å². The van der Waals surface area contributed by atoms with E-state index < -0.39 is 6.04 Å². The third kappa shape index (κ3) is 5.26. The van der Waals surface area contributed by atoms with Gasteiger partial charge in [0.1, 0.15) is 0 Å². The van der Waals surface area contributed by atoms with Gasteiger partial charge in [-0.15, -0.1) is 12.4 Å². The Hall–Kier alpha value is -0.850. The summed E-state index contributed by atoms with van der Waals surface area (Å²) in [5.41, 5.74) is 0. The average molecular weight is 308 g/mol. The third-order valence-electron chi connectivity index (χ3n) is 3.36. The number of hydrogen-bond donors (Lipinski definition) is 2. The maximum absolute atomic E-state index is 12.2. The van der Waals surface area contributed by atoms with Crippen LogP contribution in [0.15, 0.2) is 0 Å². The molecule has 1 unspecified atom stereocenters. The number of nitrogens with one attached hydrogen (secondary N) is 1. The Labute approximate surface area is 126 Å². The van der Waals surface area contributed by atoms with Crippen LogP contribution in [0.3, 0.4) is 0 Å². The van der Waals surface area contributed by atoms with Crippen molar-refractivity contribution in [3.8, 4) is 0 Å². The zero-order chi connectivity index (χ0) is 14.3. The van der Waals surface area contributed by atoms with Crippen LogP contribution in [-0.4, -0.2) is 72.1 Å². The average Bonchev–Trinajstić information content (AvgIpc) is 2.40. The zero-order valence-corrected chi connectivity index (χ0v) is 13.1. The highest BCUT2D eigenvalue weighted by atomic mass is 35.5. The fraction of sp³-hybridized carbons (Fsp3) is 0.846. The van der Waals surface area contributed by atoms with Gasteiger partial charge in [-0.25, -0.2) is 0 Å². The molecule has 7 heteroatoms. The molecule has 20 heavy (non-hydrogen) atoms. The summed E-state index contributed by atoms with van der Waals surface area (Å²) >= 11 is 0. The highest BCUT2D eigenvalue weighted by molar-refractivity contribution is 5.89. The lowest BCUT2D eigenvalue weighted by atomic mass is 10.1. The Morgan fingerprint density at radius 3 is 2.75 bits per heavy atom. The number of carbonyl (C=O) groups is 2. The SMILES string of the molecule is CCCN1CCNC(CC(=O)N(CC)CCO)C1=O.Cl. The number of likely N-dealkylation sites (N-methyl/N-ethyl adjacent to an activating group) is 1. The van der Waals surface area contributed by atoms with Crippen molar-refractivity contribution in [2.45, 2.75) is 32.7 Å². The summed E-state index contributed by atoms with van der Waals surface area (Å²) in [7, 11) is 0. The second kappa shape index (κ2) is 9.96. The highest BCUT2D eigenvalue weighted by Crippen LogP contribution is 2.08. The van der Waals surface area contributed by atoms with Crippen molar-refractivity contribution in [1.29, 1.82) is 0 Å². The van der Waals surface area contributed by atoms with Gasteiger partial charge < -0.3 is 20.2 Å². The summed E-state index contributed by atoms with van der Waals surface area (Å²) in [6.07, 6.45) is 1.10. The van der Waals surface area contributed by atoms with Gasteiger partial charge in [-0.2, -0.15) is 0 Å². The van der Waals surface area contributed by atoms with E-state index in [1.54, 1.807) is 4.90 Å². The summed E-state index contributed by atoms with van der Waals surface area (Å²) in [6, 6.07) is -0.416. The molecule has 1 aliphatic heterocycles. The predicted octanol–water partition coefficient (Wildman–Crippen LogP) is -0.150. The van der Waals surface area contributed by atoms with E-state index in [0.29, 0.717) is 19.6 Å². The van der Waals surface area contributed by atoms with E-state index in [2.05, 4.69) is 5.32 Å². The number of halogens is 1. The molecule has 0 aromatic heterocycles. The molecule has 6 nitrogen and oxygen atoms in total. The number of carbonyl (C=O) groups excluding carboxylic acids is 2. The van der Waals surface area contributed by atoms with E-state index in [0.717, 1.165) is 19.5 Å². The summed E-state index contributed by atoms with van der Waals surface area (Å²) < 4.78 is 0. The van der Waals surface area contributed by atoms with Crippen LogP contribution in [0.1, 0.15) is 26.7 Å². The zero-order valence-electron chi connectivity index (χ0n) is 12.3. The molecule has 0 saturated carbocycles. The second-order valence-corrected chi connectivity index (χ2v) is 4.73. The molecule has 0 bridgehead atoms. The quantitative estimate of drug-likeness (QED) is 0.686. The van der Waals surface area contributed by atoms with Gasteiger partial charge in [0.05, 0.1) is 19.1 Å². The van der Waals surface area contributed by atoms with E-state index in [1.807, 2.05) is 18.7 Å². The molecular formula is C13H26ClN3O3. The summed E-state index contributed by atoms with van der Waals surface area (Å²) in [4.78, 5) is 27.6. The maximum atomic E-state index is 12.2. The number of rotatable bonds is 7. The molecule has 118 valence electrons. The Morgan fingerprint density at radius 2 is 2.20 bits per heavy atom. The predicted molar refractivity (Wildman–Crippen MR) is 79.9 cm³/mol. The van der Waals surface area contributed by atoms with Crippen LogP contribution in [0, 0.1) is 0 Å². The molecule has 1 atom stereocenters. The second-order valence-electron chi connectivity index (χ2n) is 4.73. The van der Waals surface area contributed by atoms with Crippen LogP contribution in [0.5, 0.6) is 0 Å². The largest absolute Gasteiger partial charge is 0.395 e. The van der Waals surface area contributed by atoms with Gasteiger partial charge in [0.2, 0.25) is 11.8 Å². The van der Waals surface area contributed by atoms with Gasteiger partial charge in [0, 0.05) is 32.7 Å². The van der Waals surface area contributed by atoms with Crippen molar-refractivity contribution in [1.82, 2.24) is 15.1 Å². The van der Waals surface area contributed by atoms with Gasteiger partial charge in [0.15, 0.2) is 0 Å². The van der Waals surface area contributed by atoms with Crippen molar-refractivity contribution in [3.63, 3.8) is 0 Å². The molecule has 1 saturated heterocycles. The molecule has 0 aromatic carbocycles. The lowest BCUT2D eigenvalue weighted by molar-refractivity contribution is -0.141. The number of piperazine rings is 1. The van der Waals surface area contributed by atoms with Crippen molar-refractivity contribution in [2.75, 3.05) is 39.3 Å². The number of aliphatic hydroxyl groups is 1. The van der Waals surface area contributed by atoms with Crippen molar-refractivity contribution >= 4 is 24.2 Å². The number of hydrogen-bond acceptors (Lipinski definition) is 4. The molecule has 0 radical (unpaired) electrons. The number of amides is 2. The molecule has 1 fully saturated rings. The van der Waals surface area contributed by atoms with Gasteiger partial charge in [-0.1, -0.05) is 6.92 Å². The molecule has 0 spiro atoms. The van der Waals surface area contributed by atoms with Crippen molar-refractivity contribution < 1.29 is 14.7 Å². The van der Waals surface area contributed by atoms with Crippen LogP contribution in [0.4, 0.5) is 0 Å². The minimum absolute atomic E-state index is 0. The maximum Gasteiger partial charge on any atom is 0.240 e. The summed E-state index contributed by atoms with van der Waals surface area (Å²) in [5, 5.41) is 12.0. The van der Waals surface area contributed by atoms with E-state index in [-0.39, 0.29) is 37.2 Å². The van der Waals surface area contributed by atoms with E-state index in [9.17, 15) is 9.59 Å². The molecule has 0 aliphatic carbocycles. The Bertz CT molecular complexity index is 313. The van der Waals surface area contributed by atoms with Crippen molar-refractivity contribution in [3.05, 3.63) is 0 Å². The lowest BCUT2D eigenvalue weighted by Gasteiger charge is -2.33. The molecular weight excluding hydrogens is 282 g/mol. The fourth-order valence-electron chi connectivity index (χ4n) is 2.33. The van der Waals surface area contributed by atoms with E-state index in [4.69, 9.17) is 5.11 Å². The molecule has 2 amide bonds. The van der Waals surface area contributed by atoms with E-state index >= 15 is 0 Å². The summed E-state index contributed by atoms with van der Waals surface area (Å²) in [6.45, 7) is 6.94. The number of aliphatic hydroxyl groups excluding tert-OH is 1. The highest BCUT2D eigenvalue weighted by Gasteiger charge is 2.30. The Morgan fingerprint density at radius 1 is 1.50 bits per heavy atom. The first-order valence-corrected chi connectivity index (χ1v) is 7.04. The summed E-state index contributed by atoms with van der Waals surface area (Å²) in [5.74, 6) is -0.0674. The van der Waals surface area contributed by atoms with Gasteiger partial charge in [-0.05, 0) is 13.3 Å². The standard InChI is InChI=1S/C13H25N3O3.ClH/c1-3-6-16-7-5-14-11(13(16)19)10-12(18)15(4-2)8-9-17;/h11,14,17H,3-10H2,1-2H3;1H. The van der Waals surface area contributed by atoms with Gasteiger partial charge in [-0.3, -0.25) is 9.59 Å². The third-order valence-corrected chi connectivity index (χ3v) is 3.36. The van der Waals surface area contributed by atoms with E-state index in [1.165, 1.54) is 0 Å². The van der Waals surface area contributed by atoms with Gasteiger partial charge >= 0.3 is 0 Å². The lowest BCUT2D eigenvalue weighted by Crippen LogP contribution is -2.56. The molecule has 2 N–H and O–H groups in total. The minimum atomic E-state index is -0.416. The smallest absolute Gasteiger partial charge is 0.240 e. The Balaban J connectivity index is 0.00000361. The minimum Gasteiger partial charge on any atom is -0.395 e. The fourth-order valence-corrected chi connectivity index (χ4v) is 2.33. The molecule has 1 heterocycles. The normalized spacial score (nSPS) is 18.6.